The number of carbonyl (C=O) groups excluding carboxylic acids is 2. The number of carbonyl (C=O) groups is 2. The van der Waals surface area contributed by atoms with E-state index in [1.54, 1.807) is 24.3 Å². The lowest BCUT2D eigenvalue weighted by molar-refractivity contribution is -0.119. The molecule has 0 spiro atoms. The number of hydrogen-bond donors (Lipinski definition) is 3. The summed E-state index contributed by atoms with van der Waals surface area (Å²) in [4.78, 5) is 24.1. The first-order valence-corrected chi connectivity index (χ1v) is 7.91. The Balaban J connectivity index is 1.93. The van der Waals surface area contributed by atoms with Crippen LogP contribution in [0, 0.1) is 5.92 Å². The summed E-state index contributed by atoms with van der Waals surface area (Å²) in [5.74, 6) is 0.459. The zero-order valence-corrected chi connectivity index (χ0v) is 13.5. The highest BCUT2D eigenvalue weighted by Gasteiger charge is 2.24. The van der Waals surface area contributed by atoms with Gasteiger partial charge in [-0.05, 0) is 63.4 Å². The van der Waals surface area contributed by atoms with Crippen LogP contribution in [0.2, 0.25) is 0 Å². The van der Waals surface area contributed by atoms with Crippen LogP contribution in [0.1, 0.15) is 44.0 Å². The molecule has 0 saturated carbocycles. The number of piperidine rings is 1. The van der Waals surface area contributed by atoms with E-state index in [4.69, 9.17) is 0 Å². The number of rotatable bonds is 4. The molecule has 2 unspecified atom stereocenters. The van der Waals surface area contributed by atoms with Crippen LogP contribution in [0.3, 0.4) is 0 Å². The van der Waals surface area contributed by atoms with Gasteiger partial charge in [-0.1, -0.05) is 6.92 Å². The van der Waals surface area contributed by atoms with Crippen molar-refractivity contribution in [3.8, 4) is 0 Å². The summed E-state index contributed by atoms with van der Waals surface area (Å²) >= 11 is 0. The van der Waals surface area contributed by atoms with Crippen molar-refractivity contribution in [3.05, 3.63) is 29.8 Å². The Kier molecular flexibility index (Phi) is 5.55. The van der Waals surface area contributed by atoms with E-state index in [0.717, 1.165) is 19.4 Å². The molecule has 0 aliphatic carbocycles. The molecule has 1 aromatic rings. The average Bonchev–Trinajstić information content (AvgIpc) is 2.47. The van der Waals surface area contributed by atoms with Gasteiger partial charge < -0.3 is 16.0 Å². The molecule has 0 bridgehead atoms. The minimum atomic E-state index is -0.132. The van der Waals surface area contributed by atoms with Crippen LogP contribution in [0.15, 0.2) is 24.3 Å². The zero-order chi connectivity index (χ0) is 16.1. The maximum atomic E-state index is 12.2. The molecule has 3 N–H and O–H groups in total. The molecule has 22 heavy (non-hydrogen) atoms. The molecule has 2 rings (SSSR count). The third-order valence-electron chi connectivity index (χ3n) is 3.82. The Morgan fingerprint density at radius 2 is 1.91 bits per heavy atom. The molecule has 1 aromatic carbocycles. The fourth-order valence-corrected chi connectivity index (χ4v) is 2.59. The van der Waals surface area contributed by atoms with Crippen molar-refractivity contribution < 1.29 is 9.59 Å². The zero-order valence-electron chi connectivity index (χ0n) is 13.5. The monoisotopic (exact) mass is 303 g/mol. The minimum absolute atomic E-state index is 0.00840. The quantitative estimate of drug-likeness (QED) is 0.798. The van der Waals surface area contributed by atoms with Crippen molar-refractivity contribution in [2.75, 3.05) is 11.9 Å². The Labute approximate surface area is 131 Å². The molecular formula is C17H25N3O2. The lowest BCUT2D eigenvalue weighted by Crippen LogP contribution is -2.45. The SMILES string of the molecule is CC1CCNC(C(=O)Nc2ccc(C(=O)NC(C)C)cc2)C1. The van der Waals surface area contributed by atoms with E-state index < -0.39 is 0 Å². The second-order valence-electron chi connectivity index (χ2n) is 6.33. The van der Waals surface area contributed by atoms with Crippen molar-refractivity contribution in [2.45, 2.75) is 45.7 Å². The molecule has 1 aliphatic rings. The largest absolute Gasteiger partial charge is 0.350 e. The summed E-state index contributed by atoms with van der Waals surface area (Å²) in [5, 5.41) is 8.99. The average molecular weight is 303 g/mol. The van der Waals surface area contributed by atoms with Gasteiger partial charge in [-0.2, -0.15) is 0 Å². The summed E-state index contributed by atoms with van der Waals surface area (Å²) in [6.45, 7) is 6.89. The van der Waals surface area contributed by atoms with Gasteiger partial charge >= 0.3 is 0 Å². The van der Waals surface area contributed by atoms with E-state index in [1.807, 2.05) is 13.8 Å². The number of benzene rings is 1. The minimum Gasteiger partial charge on any atom is -0.350 e. The molecule has 1 saturated heterocycles. The Morgan fingerprint density at radius 1 is 1.23 bits per heavy atom. The van der Waals surface area contributed by atoms with Crippen LogP contribution in [-0.2, 0) is 4.79 Å². The highest BCUT2D eigenvalue weighted by molar-refractivity contribution is 5.97. The van der Waals surface area contributed by atoms with E-state index >= 15 is 0 Å². The number of nitrogens with one attached hydrogen (secondary N) is 3. The predicted octanol–water partition coefficient (Wildman–Crippen LogP) is 2.15. The second kappa shape index (κ2) is 7.40. The summed E-state index contributed by atoms with van der Waals surface area (Å²) in [5.41, 5.74) is 1.31. The van der Waals surface area contributed by atoms with Gasteiger partial charge in [-0.25, -0.2) is 0 Å². The van der Waals surface area contributed by atoms with Gasteiger partial charge in [0.1, 0.15) is 0 Å². The van der Waals surface area contributed by atoms with E-state index in [0.29, 0.717) is 17.2 Å². The highest BCUT2D eigenvalue weighted by Crippen LogP contribution is 2.17. The maximum Gasteiger partial charge on any atom is 0.251 e. The molecule has 2 atom stereocenters. The molecule has 5 nitrogen and oxygen atoms in total. The summed E-state index contributed by atoms with van der Waals surface area (Å²) in [6.07, 6.45) is 1.98. The lowest BCUT2D eigenvalue weighted by atomic mass is 9.94. The van der Waals surface area contributed by atoms with Crippen LogP contribution in [0.25, 0.3) is 0 Å². The van der Waals surface area contributed by atoms with Crippen molar-refractivity contribution in [1.29, 1.82) is 0 Å². The van der Waals surface area contributed by atoms with E-state index in [-0.39, 0.29) is 23.9 Å². The first-order chi connectivity index (χ1) is 10.5. The molecule has 1 heterocycles. The van der Waals surface area contributed by atoms with Crippen LogP contribution in [-0.4, -0.2) is 30.4 Å². The topological polar surface area (TPSA) is 70.2 Å². The standard InChI is InChI=1S/C17H25N3O2/c1-11(2)19-16(21)13-4-6-14(7-5-13)20-17(22)15-10-12(3)8-9-18-15/h4-7,11-12,15,18H,8-10H2,1-3H3,(H,19,21)(H,20,22). The number of anilines is 1. The maximum absolute atomic E-state index is 12.2. The van der Waals surface area contributed by atoms with Gasteiger partial charge in [0, 0.05) is 17.3 Å². The van der Waals surface area contributed by atoms with E-state index in [2.05, 4.69) is 22.9 Å². The van der Waals surface area contributed by atoms with Crippen molar-refractivity contribution >= 4 is 17.5 Å². The van der Waals surface area contributed by atoms with Crippen LogP contribution < -0.4 is 16.0 Å². The third kappa shape index (κ3) is 4.56. The molecule has 1 fully saturated rings. The van der Waals surface area contributed by atoms with Gasteiger partial charge in [-0.3, -0.25) is 9.59 Å². The van der Waals surface area contributed by atoms with Crippen LogP contribution in [0.4, 0.5) is 5.69 Å². The molecule has 2 amide bonds. The van der Waals surface area contributed by atoms with Crippen molar-refractivity contribution in [1.82, 2.24) is 10.6 Å². The molecule has 5 heteroatoms. The Bertz CT molecular complexity index is 525. The second-order valence-corrected chi connectivity index (χ2v) is 6.33. The van der Waals surface area contributed by atoms with Gasteiger partial charge in [-0.15, -0.1) is 0 Å². The first-order valence-electron chi connectivity index (χ1n) is 7.91. The van der Waals surface area contributed by atoms with E-state index in [9.17, 15) is 9.59 Å². The summed E-state index contributed by atoms with van der Waals surface area (Å²) < 4.78 is 0. The van der Waals surface area contributed by atoms with Crippen LogP contribution >= 0.6 is 0 Å². The molecule has 1 aliphatic heterocycles. The highest BCUT2D eigenvalue weighted by atomic mass is 16.2. The Hall–Kier alpha value is -1.88. The molecular weight excluding hydrogens is 278 g/mol. The fraction of sp³-hybridized carbons (Fsp3) is 0.529. The lowest BCUT2D eigenvalue weighted by Gasteiger charge is -2.27. The van der Waals surface area contributed by atoms with Gasteiger partial charge in [0.05, 0.1) is 6.04 Å². The van der Waals surface area contributed by atoms with E-state index in [1.165, 1.54) is 0 Å². The Morgan fingerprint density at radius 3 is 2.50 bits per heavy atom. The third-order valence-corrected chi connectivity index (χ3v) is 3.82. The number of hydrogen-bond acceptors (Lipinski definition) is 3. The summed E-state index contributed by atoms with van der Waals surface area (Å²) in [7, 11) is 0. The van der Waals surface area contributed by atoms with Crippen molar-refractivity contribution in [3.63, 3.8) is 0 Å². The first kappa shape index (κ1) is 16.5. The molecule has 0 aromatic heterocycles. The number of amides is 2. The summed E-state index contributed by atoms with van der Waals surface area (Å²) in [6, 6.07) is 6.95. The fourth-order valence-electron chi connectivity index (χ4n) is 2.59. The van der Waals surface area contributed by atoms with Crippen molar-refractivity contribution in [2.24, 2.45) is 5.92 Å². The van der Waals surface area contributed by atoms with Gasteiger partial charge in [0.25, 0.3) is 5.91 Å². The smallest absolute Gasteiger partial charge is 0.251 e. The van der Waals surface area contributed by atoms with Gasteiger partial charge in [0.15, 0.2) is 0 Å². The molecule has 0 radical (unpaired) electrons. The van der Waals surface area contributed by atoms with Crippen LogP contribution in [0.5, 0.6) is 0 Å². The predicted molar refractivity (Wildman–Crippen MR) is 87.9 cm³/mol. The van der Waals surface area contributed by atoms with Gasteiger partial charge in [0.2, 0.25) is 5.91 Å². The molecule has 120 valence electrons. The normalized spacial score (nSPS) is 21.5.